The number of nitrogens with zero attached hydrogens (tertiary/aromatic N) is 2. The van der Waals surface area contributed by atoms with Crippen LogP contribution in [0, 0.1) is 0 Å². The van der Waals surface area contributed by atoms with Crippen LogP contribution in [0.25, 0.3) is 22.5 Å². The summed E-state index contributed by atoms with van der Waals surface area (Å²) in [6.45, 7) is 7.71. The zero-order valence-corrected chi connectivity index (χ0v) is 23.7. The fraction of sp³-hybridized carbons (Fsp3) is 0.241. The monoisotopic (exact) mass is 552 g/mol. The topological polar surface area (TPSA) is 53.4 Å². The molecule has 0 amide bonds. The Kier molecular flexibility index (Phi) is 8.87. The minimum absolute atomic E-state index is 0.117. The molecule has 0 aliphatic rings. The van der Waals surface area contributed by atoms with E-state index in [1.165, 1.54) is 0 Å². The Morgan fingerprint density at radius 1 is 0.865 bits per heavy atom. The van der Waals surface area contributed by atoms with Crippen LogP contribution in [0.2, 0.25) is 35.7 Å². The lowest BCUT2D eigenvalue weighted by atomic mass is 10.0. The number of imidazole rings is 1. The highest BCUT2D eigenvalue weighted by Crippen LogP contribution is 2.35. The van der Waals surface area contributed by atoms with Crippen molar-refractivity contribution in [1.29, 1.82) is 0 Å². The Morgan fingerprint density at radius 2 is 1.46 bits per heavy atom. The van der Waals surface area contributed by atoms with Gasteiger partial charge in [-0.15, -0.1) is 0 Å². The van der Waals surface area contributed by atoms with Gasteiger partial charge in [-0.05, 0) is 35.9 Å². The number of aromatic nitrogens is 2. The lowest BCUT2D eigenvalue weighted by Crippen LogP contribution is -2.22. The zero-order chi connectivity index (χ0) is 26.4. The molecule has 0 aliphatic heterocycles. The minimum Gasteiger partial charge on any atom is -0.433 e. The summed E-state index contributed by atoms with van der Waals surface area (Å²) in [7, 11) is -1.24. The lowest BCUT2D eigenvalue weighted by molar-refractivity contribution is -0.0287. The van der Waals surface area contributed by atoms with E-state index < -0.39 is 14.0 Å². The predicted molar refractivity (Wildman–Crippen MR) is 153 cm³/mol. The van der Waals surface area contributed by atoms with Crippen molar-refractivity contribution in [3.63, 3.8) is 0 Å². The average Bonchev–Trinajstić information content (AvgIpc) is 3.23. The van der Waals surface area contributed by atoms with Crippen molar-refractivity contribution in [2.45, 2.75) is 32.2 Å². The molecule has 5 nitrogen and oxygen atoms in total. The molecule has 4 aromatic rings. The summed E-state index contributed by atoms with van der Waals surface area (Å²) in [6, 6.07) is 25.8. The first-order valence-electron chi connectivity index (χ1n) is 12.1. The standard InChI is InChI=1S/C29H30Cl2N2O3Si/c1-37(2,3)18-17-35-20-36-29(34)28-32-26(22-9-13-24(30)14-10-22)27(23-11-15-25(31)16-12-23)33(28)19-21-7-5-4-6-8-21/h4-16H,17-20H2,1-3H3. The molecule has 0 saturated heterocycles. The Labute approximate surface area is 229 Å². The Morgan fingerprint density at radius 3 is 2.05 bits per heavy atom. The largest absolute Gasteiger partial charge is 0.433 e. The van der Waals surface area contributed by atoms with Crippen LogP contribution in [-0.4, -0.2) is 37.0 Å². The average molecular weight is 554 g/mol. The SMILES string of the molecule is C[Si](C)(C)CCOCOC(=O)c1nc(-c2ccc(Cl)cc2)c(-c2ccc(Cl)cc2)n1Cc1ccccc1. The normalized spacial score (nSPS) is 11.5. The smallest absolute Gasteiger partial charge is 0.376 e. The van der Waals surface area contributed by atoms with Crippen LogP contribution in [0.3, 0.4) is 0 Å². The second-order valence-corrected chi connectivity index (χ2v) is 16.5. The number of benzene rings is 3. The van der Waals surface area contributed by atoms with Crippen molar-refractivity contribution in [3.8, 4) is 22.5 Å². The molecule has 8 heteroatoms. The van der Waals surface area contributed by atoms with Gasteiger partial charge in [-0.3, -0.25) is 0 Å². The van der Waals surface area contributed by atoms with Gasteiger partial charge in [0.25, 0.3) is 0 Å². The maximum absolute atomic E-state index is 13.3. The first-order chi connectivity index (χ1) is 17.7. The fourth-order valence-corrected chi connectivity index (χ4v) is 4.84. The summed E-state index contributed by atoms with van der Waals surface area (Å²) < 4.78 is 13.0. The van der Waals surface area contributed by atoms with Gasteiger partial charge in [-0.2, -0.15) is 0 Å². The van der Waals surface area contributed by atoms with Gasteiger partial charge in [0.1, 0.15) is 0 Å². The highest BCUT2D eigenvalue weighted by Gasteiger charge is 2.25. The van der Waals surface area contributed by atoms with E-state index in [2.05, 4.69) is 19.6 Å². The first kappa shape index (κ1) is 27.1. The summed E-state index contributed by atoms with van der Waals surface area (Å²) in [5, 5.41) is 1.25. The molecule has 0 bridgehead atoms. The Bertz CT molecular complexity index is 1330. The highest BCUT2D eigenvalue weighted by atomic mass is 35.5. The summed E-state index contributed by atoms with van der Waals surface area (Å²) in [4.78, 5) is 18.1. The van der Waals surface area contributed by atoms with Crippen molar-refractivity contribution in [3.05, 3.63) is 100 Å². The third kappa shape index (κ3) is 7.33. The van der Waals surface area contributed by atoms with Gasteiger partial charge in [0.05, 0.1) is 11.4 Å². The summed E-state index contributed by atoms with van der Waals surface area (Å²) >= 11 is 12.3. The van der Waals surface area contributed by atoms with E-state index in [0.717, 1.165) is 28.4 Å². The van der Waals surface area contributed by atoms with E-state index in [1.54, 1.807) is 0 Å². The number of esters is 1. The van der Waals surface area contributed by atoms with Crippen molar-refractivity contribution in [2.24, 2.45) is 0 Å². The van der Waals surface area contributed by atoms with Gasteiger partial charge >= 0.3 is 5.97 Å². The zero-order valence-electron chi connectivity index (χ0n) is 21.2. The molecule has 0 aliphatic carbocycles. The maximum atomic E-state index is 13.3. The fourth-order valence-electron chi connectivity index (χ4n) is 3.84. The number of ether oxygens (including phenoxy) is 2. The molecule has 0 spiro atoms. The lowest BCUT2D eigenvalue weighted by Gasteiger charge is -2.15. The van der Waals surface area contributed by atoms with Crippen LogP contribution >= 0.6 is 23.2 Å². The van der Waals surface area contributed by atoms with E-state index in [1.807, 2.05) is 83.4 Å². The van der Waals surface area contributed by atoms with E-state index in [4.69, 9.17) is 37.7 Å². The molecule has 192 valence electrons. The molecule has 37 heavy (non-hydrogen) atoms. The number of carbonyl (C=O) groups is 1. The van der Waals surface area contributed by atoms with E-state index >= 15 is 0 Å². The molecule has 0 fully saturated rings. The maximum Gasteiger partial charge on any atom is 0.376 e. The molecule has 4 rings (SSSR count). The van der Waals surface area contributed by atoms with Crippen LogP contribution in [-0.2, 0) is 16.0 Å². The van der Waals surface area contributed by atoms with Crippen molar-refractivity contribution < 1.29 is 14.3 Å². The third-order valence-electron chi connectivity index (χ3n) is 5.84. The van der Waals surface area contributed by atoms with Crippen LogP contribution in [0.5, 0.6) is 0 Å². The van der Waals surface area contributed by atoms with Crippen LogP contribution in [0.1, 0.15) is 16.2 Å². The van der Waals surface area contributed by atoms with Crippen LogP contribution in [0.15, 0.2) is 78.9 Å². The summed E-state index contributed by atoms with van der Waals surface area (Å²) in [6.07, 6.45) is 0. The van der Waals surface area contributed by atoms with E-state index in [9.17, 15) is 4.79 Å². The van der Waals surface area contributed by atoms with Crippen molar-refractivity contribution in [2.75, 3.05) is 13.4 Å². The van der Waals surface area contributed by atoms with Gasteiger partial charge in [0, 0.05) is 42.4 Å². The van der Waals surface area contributed by atoms with E-state index in [-0.39, 0.29) is 12.6 Å². The van der Waals surface area contributed by atoms with Gasteiger partial charge < -0.3 is 14.0 Å². The molecule has 0 atom stereocenters. The predicted octanol–water partition coefficient (Wildman–Crippen LogP) is 8.04. The van der Waals surface area contributed by atoms with Crippen molar-refractivity contribution in [1.82, 2.24) is 9.55 Å². The summed E-state index contributed by atoms with van der Waals surface area (Å²) in [5.74, 6) is -0.341. The molecule has 1 aromatic heterocycles. The Balaban J connectivity index is 1.75. The molecular weight excluding hydrogens is 523 g/mol. The number of hydrogen-bond acceptors (Lipinski definition) is 4. The quantitative estimate of drug-likeness (QED) is 0.0863. The number of halogens is 2. The molecule has 0 saturated carbocycles. The van der Waals surface area contributed by atoms with Gasteiger partial charge in [0.15, 0.2) is 6.79 Å². The molecule has 0 N–H and O–H groups in total. The number of carbonyl (C=O) groups excluding carboxylic acids is 1. The van der Waals surface area contributed by atoms with Gasteiger partial charge in [-0.1, -0.05) is 97.4 Å². The van der Waals surface area contributed by atoms with Crippen molar-refractivity contribution >= 4 is 37.2 Å². The molecule has 3 aromatic carbocycles. The third-order valence-corrected chi connectivity index (χ3v) is 8.05. The van der Waals surface area contributed by atoms with Crippen LogP contribution < -0.4 is 0 Å². The minimum atomic E-state index is -1.24. The molecule has 0 radical (unpaired) electrons. The van der Waals surface area contributed by atoms with E-state index in [0.29, 0.717) is 28.9 Å². The van der Waals surface area contributed by atoms with Gasteiger partial charge in [-0.25, -0.2) is 9.78 Å². The second kappa shape index (κ2) is 12.1. The molecule has 0 unspecified atom stereocenters. The molecule has 1 heterocycles. The first-order valence-corrected chi connectivity index (χ1v) is 16.6. The molecular formula is C29H30Cl2N2O3Si. The van der Waals surface area contributed by atoms with Crippen LogP contribution in [0.4, 0.5) is 0 Å². The van der Waals surface area contributed by atoms with Gasteiger partial charge in [0.2, 0.25) is 5.82 Å². The Hall–Kier alpha value is -2.90. The second-order valence-electron chi connectivity index (χ2n) is 9.99. The summed E-state index contributed by atoms with van der Waals surface area (Å²) in [5.41, 5.74) is 4.18. The highest BCUT2D eigenvalue weighted by molar-refractivity contribution is 6.76. The number of rotatable bonds is 10. The number of hydrogen-bond donors (Lipinski definition) is 0.